The van der Waals surface area contributed by atoms with E-state index in [-0.39, 0.29) is 18.2 Å². The van der Waals surface area contributed by atoms with Crippen molar-refractivity contribution in [3.05, 3.63) is 101 Å². The fourth-order valence-electron chi connectivity index (χ4n) is 4.72. The van der Waals surface area contributed by atoms with Crippen molar-refractivity contribution in [1.82, 2.24) is 10.2 Å². The normalized spacial score (nSPS) is 13.1. The van der Waals surface area contributed by atoms with Crippen LogP contribution < -0.4 is 10.6 Å². The number of aryl methyl sites for hydroxylation is 2. The lowest BCUT2D eigenvalue weighted by Crippen LogP contribution is -2.58. The number of hydrogen-bond acceptors (Lipinski definition) is 4. The number of alkyl carbamates (subject to hydrolysis) is 1. The Balaban J connectivity index is 2.12. The molecule has 0 aliphatic carbocycles. The number of nitrogens with one attached hydrogen (secondary N) is 2. The van der Waals surface area contributed by atoms with Crippen LogP contribution in [-0.4, -0.2) is 40.0 Å². The van der Waals surface area contributed by atoms with Crippen molar-refractivity contribution in [2.75, 3.05) is 5.32 Å². The van der Waals surface area contributed by atoms with Crippen molar-refractivity contribution in [2.24, 2.45) is 0 Å². The van der Waals surface area contributed by atoms with Crippen LogP contribution in [-0.2, 0) is 20.7 Å². The predicted octanol–water partition coefficient (Wildman–Crippen LogP) is 6.75. The number of hydrogen-bond donors (Lipinski definition) is 2. The Bertz CT molecular complexity index is 1360. The SMILES string of the molecule is Cc1ccccc1NC(=O)C(c1ccccc1C)N(C(=O)C(Cc1ccccc1)NC(=O)OC(C)(C)C)C(C)(C)C. The van der Waals surface area contributed by atoms with Gasteiger partial charge in [-0.1, -0.05) is 72.8 Å². The first-order chi connectivity index (χ1) is 19.2. The largest absolute Gasteiger partial charge is 0.444 e. The fourth-order valence-corrected chi connectivity index (χ4v) is 4.72. The van der Waals surface area contributed by atoms with Crippen LogP contribution in [0.15, 0.2) is 78.9 Å². The summed E-state index contributed by atoms with van der Waals surface area (Å²) in [6, 6.07) is 22.6. The van der Waals surface area contributed by atoms with Crippen LogP contribution in [0.2, 0.25) is 0 Å². The van der Waals surface area contributed by atoms with Crippen molar-refractivity contribution < 1.29 is 19.1 Å². The third kappa shape index (κ3) is 8.68. The van der Waals surface area contributed by atoms with Crippen LogP contribution in [0, 0.1) is 13.8 Å². The number of ether oxygens (including phenoxy) is 1. The Labute approximate surface area is 244 Å². The molecule has 0 aromatic heterocycles. The lowest BCUT2D eigenvalue weighted by Gasteiger charge is -2.43. The second-order valence-corrected chi connectivity index (χ2v) is 12.3. The number of anilines is 1. The molecule has 3 aromatic rings. The zero-order chi connectivity index (χ0) is 30.4. The standard InChI is InChI=1S/C34H43N3O4/c1-23-16-12-14-20-26(23)29(30(38)35-27-21-15-13-17-24(27)2)37(33(3,4)5)31(39)28(22-25-18-10-9-11-19-25)36-32(40)41-34(6,7)8/h9-21,28-29H,22H2,1-8H3,(H,35,38)(H,36,40). The van der Waals surface area contributed by atoms with E-state index in [0.717, 1.165) is 16.7 Å². The smallest absolute Gasteiger partial charge is 0.408 e. The number of benzene rings is 3. The molecule has 218 valence electrons. The molecular formula is C34H43N3O4. The van der Waals surface area contributed by atoms with Gasteiger partial charge in [0.2, 0.25) is 5.91 Å². The average molecular weight is 558 g/mol. The van der Waals surface area contributed by atoms with Gasteiger partial charge in [-0.15, -0.1) is 0 Å². The highest BCUT2D eigenvalue weighted by Crippen LogP contribution is 2.33. The molecule has 0 saturated heterocycles. The van der Waals surface area contributed by atoms with Crippen LogP contribution in [0.1, 0.15) is 69.8 Å². The van der Waals surface area contributed by atoms with Crippen LogP contribution in [0.25, 0.3) is 0 Å². The highest BCUT2D eigenvalue weighted by molar-refractivity contribution is 6.00. The number of para-hydroxylation sites is 1. The minimum atomic E-state index is -0.982. The van der Waals surface area contributed by atoms with Gasteiger partial charge >= 0.3 is 6.09 Å². The zero-order valence-electron chi connectivity index (χ0n) is 25.4. The van der Waals surface area contributed by atoms with Gasteiger partial charge in [0, 0.05) is 17.6 Å². The van der Waals surface area contributed by atoms with E-state index in [9.17, 15) is 14.4 Å². The molecule has 0 bridgehead atoms. The molecule has 0 aliphatic heterocycles. The summed E-state index contributed by atoms with van der Waals surface area (Å²) in [5.74, 6) is -0.729. The van der Waals surface area contributed by atoms with Gasteiger partial charge < -0.3 is 20.3 Å². The average Bonchev–Trinajstić information content (AvgIpc) is 2.87. The maximum Gasteiger partial charge on any atom is 0.408 e. The molecule has 3 aromatic carbocycles. The number of nitrogens with zero attached hydrogens (tertiary/aromatic N) is 1. The summed E-state index contributed by atoms with van der Waals surface area (Å²) < 4.78 is 5.53. The second kappa shape index (κ2) is 13.0. The Morgan fingerprint density at radius 1 is 0.780 bits per heavy atom. The molecule has 0 saturated carbocycles. The van der Waals surface area contributed by atoms with E-state index < -0.39 is 29.3 Å². The Morgan fingerprint density at radius 3 is 1.90 bits per heavy atom. The zero-order valence-corrected chi connectivity index (χ0v) is 25.4. The van der Waals surface area contributed by atoms with Crippen molar-refractivity contribution in [3.8, 4) is 0 Å². The van der Waals surface area contributed by atoms with Gasteiger partial charge in [0.05, 0.1) is 0 Å². The van der Waals surface area contributed by atoms with E-state index in [1.807, 2.05) is 113 Å². The summed E-state index contributed by atoms with van der Waals surface area (Å²) in [4.78, 5) is 43.4. The monoisotopic (exact) mass is 557 g/mol. The molecule has 7 nitrogen and oxygen atoms in total. The van der Waals surface area contributed by atoms with Crippen molar-refractivity contribution >= 4 is 23.6 Å². The second-order valence-electron chi connectivity index (χ2n) is 12.3. The molecule has 3 rings (SSSR count). The van der Waals surface area contributed by atoms with E-state index in [0.29, 0.717) is 11.3 Å². The minimum absolute atomic E-state index is 0.228. The Hall–Kier alpha value is -4.13. The van der Waals surface area contributed by atoms with Crippen molar-refractivity contribution in [3.63, 3.8) is 0 Å². The van der Waals surface area contributed by atoms with Crippen LogP contribution >= 0.6 is 0 Å². The first-order valence-electron chi connectivity index (χ1n) is 14.0. The summed E-state index contributed by atoms with van der Waals surface area (Å²) in [6.45, 7) is 14.8. The number of carbonyl (C=O) groups is 3. The van der Waals surface area contributed by atoms with Crippen LogP contribution in [0.3, 0.4) is 0 Å². The van der Waals surface area contributed by atoms with Gasteiger partial charge in [0.1, 0.15) is 17.7 Å². The maximum absolute atomic E-state index is 14.6. The lowest BCUT2D eigenvalue weighted by atomic mass is 9.92. The van der Waals surface area contributed by atoms with Gasteiger partial charge in [0.25, 0.3) is 5.91 Å². The fraction of sp³-hybridized carbons (Fsp3) is 0.382. The Kier molecular flexibility index (Phi) is 9.97. The first kappa shape index (κ1) is 31.4. The summed E-state index contributed by atoms with van der Waals surface area (Å²) in [6.07, 6.45) is -0.469. The van der Waals surface area contributed by atoms with E-state index in [4.69, 9.17) is 4.74 Å². The molecule has 0 spiro atoms. The van der Waals surface area contributed by atoms with Crippen molar-refractivity contribution in [1.29, 1.82) is 0 Å². The summed E-state index contributed by atoms with van der Waals surface area (Å²) in [5.41, 5.74) is 2.49. The molecule has 7 heteroatoms. The molecule has 0 heterocycles. The number of carbonyl (C=O) groups excluding carboxylic acids is 3. The number of rotatable bonds is 8. The van der Waals surface area contributed by atoms with Gasteiger partial charge in [-0.2, -0.15) is 0 Å². The highest BCUT2D eigenvalue weighted by atomic mass is 16.6. The van der Waals surface area contributed by atoms with Gasteiger partial charge in [-0.3, -0.25) is 9.59 Å². The quantitative estimate of drug-likeness (QED) is 0.321. The third-order valence-corrected chi connectivity index (χ3v) is 6.62. The van der Waals surface area contributed by atoms with Crippen molar-refractivity contribution in [2.45, 2.75) is 85.0 Å². The van der Waals surface area contributed by atoms with Gasteiger partial charge in [-0.05, 0) is 83.7 Å². The summed E-state index contributed by atoms with van der Waals surface area (Å²) in [7, 11) is 0. The summed E-state index contributed by atoms with van der Waals surface area (Å²) >= 11 is 0. The molecular weight excluding hydrogens is 514 g/mol. The van der Waals surface area contributed by atoms with E-state index >= 15 is 0 Å². The molecule has 41 heavy (non-hydrogen) atoms. The molecule has 0 aliphatic rings. The lowest BCUT2D eigenvalue weighted by molar-refractivity contribution is -0.146. The van der Waals surface area contributed by atoms with Gasteiger partial charge in [-0.25, -0.2) is 4.79 Å². The molecule has 2 unspecified atom stereocenters. The van der Waals surface area contributed by atoms with E-state index in [2.05, 4.69) is 10.6 Å². The van der Waals surface area contributed by atoms with E-state index in [1.54, 1.807) is 25.7 Å². The molecule has 2 atom stereocenters. The topological polar surface area (TPSA) is 87.7 Å². The predicted molar refractivity (Wildman–Crippen MR) is 164 cm³/mol. The third-order valence-electron chi connectivity index (χ3n) is 6.62. The minimum Gasteiger partial charge on any atom is -0.444 e. The van der Waals surface area contributed by atoms with Crippen LogP contribution in [0.5, 0.6) is 0 Å². The first-order valence-corrected chi connectivity index (χ1v) is 14.0. The molecule has 0 fully saturated rings. The van der Waals surface area contributed by atoms with E-state index in [1.165, 1.54) is 0 Å². The summed E-state index contributed by atoms with van der Waals surface area (Å²) in [5, 5.41) is 5.87. The highest BCUT2D eigenvalue weighted by Gasteiger charge is 2.42. The number of amides is 3. The van der Waals surface area contributed by atoms with Crippen LogP contribution in [0.4, 0.5) is 10.5 Å². The maximum atomic E-state index is 14.6. The van der Waals surface area contributed by atoms with Gasteiger partial charge in [0.15, 0.2) is 0 Å². The molecule has 3 amide bonds. The molecule has 2 N–H and O–H groups in total. The Morgan fingerprint density at radius 2 is 1.34 bits per heavy atom. The molecule has 0 radical (unpaired) electrons.